The smallest absolute Gasteiger partial charge is 0.168 e. The largest absolute Gasteiger partial charge is 0.296 e. The molecule has 3 nitrogen and oxygen atoms in total. The van der Waals surface area contributed by atoms with Crippen LogP contribution in [0.3, 0.4) is 0 Å². The maximum atomic E-state index is 11.1. The molecule has 0 aliphatic rings. The molecule has 0 unspecified atom stereocenters. The molecule has 3 heteroatoms. The summed E-state index contributed by atoms with van der Waals surface area (Å²) in [5.41, 5.74) is 4.68. The van der Waals surface area contributed by atoms with Gasteiger partial charge >= 0.3 is 0 Å². The van der Waals surface area contributed by atoms with Crippen LogP contribution >= 0.6 is 0 Å². The molecule has 22 heavy (non-hydrogen) atoms. The van der Waals surface area contributed by atoms with Gasteiger partial charge in [-0.3, -0.25) is 9.48 Å². The van der Waals surface area contributed by atoms with Crippen molar-refractivity contribution in [2.75, 3.05) is 0 Å². The molecule has 3 rings (SSSR count). The summed E-state index contributed by atoms with van der Waals surface area (Å²) in [6, 6.07) is 20.2. The lowest BCUT2D eigenvalue weighted by molar-refractivity contribution is 0.111. The summed E-state index contributed by atoms with van der Waals surface area (Å²) in [5, 5.41) is 4.46. The molecule has 3 aromatic rings. The average Bonchev–Trinajstić information content (AvgIpc) is 2.99. The van der Waals surface area contributed by atoms with E-state index in [2.05, 4.69) is 35.9 Å². The quantitative estimate of drug-likeness (QED) is 0.520. The number of nitrogens with zero attached hydrogens (tertiary/aromatic N) is 2. The molecule has 2 aromatic carbocycles. The lowest BCUT2D eigenvalue weighted by Crippen LogP contribution is -2.01. The predicted molar refractivity (Wildman–Crippen MR) is 88.7 cm³/mol. The van der Waals surface area contributed by atoms with Gasteiger partial charge in [0, 0.05) is 5.56 Å². The van der Waals surface area contributed by atoms with Crippen LogP contribution < -0.4 is 0 Å². The van der Waals surface area contributed by atoms with Crippen LogP contribution in [0.1, 0.15) is 10.5 Å². The highest BCUT2D eigenvalue weighted by atomic mass is 16.1. The van der Waals surface area contributed by atoms with Gasteiger partial charge in [0.25, 0.3) is 0 Å². The molecule has 0 saturated heterocycles. The molecule has 0 aliphatic carbocycles. The van der Waals surface area contributed by atoms with E-state index in [-0.39, 0.29) is 0 Å². The second-order valence-electron chi connectivity index (χ2n) is 4.99. The standard InChI is InChI=1S/C19H16N2O/c1-2-12-21-18(14-22)13-19(20-21)17-10-8-16(9-11-17)15-6-4-3-5-7-15/h2-11,13-14H,1,12H2. The Labute approximate surface area is 129 Å². The van der Waals surface area contributed by atoms with Gasteiger partial charge in [-0.2, -0.15) is 5.10 Å². The van der Waals surface area contributed by atoms with E-state index in [1.807, 2.05) is 30.3 Å². The van der Waals surface area contributed by atoms with Crippen LogP contribution in [0.2, 0.25) is 0 Å². The summed E-state index contributed by atoms with van der Waals surface area (Å²) in [6.07, 6.45) is 2.54. The molecule has 1 aromatic heterocycles. The van der Waals surface area contributed by atoms with E-state index in [0.717, 1.165) is 23.1 Å². The predicted octanol–water partition coefficient (Wildman–Crippen LogP) is 4.22. The summed E-state index contributed by atoms with van der Waals surface area (Å²) >= 11 is 0. The first-order valence-electron chi connectivity index (χ1n) is 7.11. The highest BCUT2D eigenvalue weighted by Gasteiger charge is 2.08. The van der Waals surface area contributed by atoms with Crippen molar-refractivity contribution in [3.63, 3.8) is 0 Å². The van der Waals surface area contributed by atoms with Gasteiger partial charge in [-0.25, -0.2) is 0 Å². The molecular weight excluding hydrogens is 272 g/mol. The topological polar surface area (TPSA) is 34.9 Å². The van der Waals surface area contributed by atoms with E-state index in [9.17, 15) is 4.79 Å². The minimum absolute atomic E-state index is 0.524. The number of benzene rings is 2. The molecule has 1 heterocycles. The molecule has 0 bridgehead atoms. The molecule has 0 amide bonds. The van der Waals surface area contributed by atoms with Crippen molar-refractivity contribution in [3.8, 4) is 22.4 Å². The fraction of sp³-hybridized carbons (Fsp3) is 0.0526. The highest BCUT2D eigenvalue weighted by Crippen LogP contribution is 2.24. The summed E-state index contributed by atoms with van der Waals surface area (Å²) < 4.78 is 1.65. The Bertz CT molecular complexity index is 786. The maximum Gasteiger partial charge on any atom is 0.168 e. The van der Waals surface area contributed by atoms with Gasteiger partial charge < -0.3 is 0 Å². The molecule has 0 fully saturated rings. The van der Waals surface area contributed by atoms with Gasteiger partial charge in [-0.1, -0.05) is 60.7 Å². The van der Waals surface area contributed by atoms with Gasteiger partial charge in [-0.05, 0) is 17.2 Å². The lowest BCUT2D eigenvalue weighted by atomic mass is 10.0. The van der Waals surface area contributed by atoms with Gasteiger partial charge in [-0.15, -0.1) is 6.58 Å². The SMILES string of the molecule is C=CCn1nc(-c2ccc(-c3ccccc3)cc2)cc1C=O. The Balaban J connectivity index is 1.93. The normalized spacial score (nSPS) is 10.4. The molecule has 0 atom stereocenters. The molecular formula is C19H16N2O. The average molecular weight is 288 g/mol. The van der Waals surface area contributed by atoms with Crippen LogP contribution in [0.5, 0.6) is 0 Å². The van der Waals surface area contributed by atoms with E-state index in [4.69, 9.17) is 0 Å². The summed E-state index contributed by atoms with van der Waals surface area (Å²) in [6.45, 7) is 4.21. The zero-order valence-corrected chi connectivity index (χ0v) is 12.1. The Morgan fingerprint density at radius 1 is 0.955 bits per heavy atom. The van der Waals surface area contributed by atoms with Crippen LogP contribution in [0.15, 0.2) is 73.3 Å². The first-order chi connectivity index (χ1) is 10.8. The van der Waals surface area contributed by atoms with E-state index >= 15 is 0 Å². The number of carbonyl (C=O) groups excluding carboxylic acids is 1. The molecule has 0 radical (unpaired) electrons. The van der Waals surface area contributed by atoms with E-state index in [0.29, 0.717) is 12.2 Å². The number of hydrogen-bond acceptors (Lipinski definition) is 2. The van der Waals surface area contributed by atoms with E-state index in [1.54, 1.807) is 16.8 Å². The number of rotatable bonds is 5. The number of aromatic nitrogens is 2. The minimum Gasteiger partial charge on any atom is -0.296 e. The fourth-order valence-corrected chi connectivity index (χ4v) is 2.40. The van der Waals surface area contributed by atoms with E-state index in [1.165, 1.54) is 5.56 Å². The third kappa shape index (κ3) is 2.74. The first-order valence-corrected chi connectivity index (χ1v) is 7.11. The first kappa shape index (κ1) is 14.0. The van der Waals surface area contributed by atoms with Crippen LogP contribution in [0.25, 0.3) is 22.4 Å². The minimum atomic E-state index is 0.524. The molecule has 0 saturated carbocycles. The summed E-state index contributed by atoms with van der Waals surface area (Å²) in [4.78, 5) is 11.1. The van der Waals surface area contributed by atoms with Gasteiger partial charge in [0.2, 0.25) is 0 Å². The molecule has 0 spiro atoms. The van der Waals surface area contributed by atoms with Crippen molar-refractivity contribution in [1.82, 2.24) is 9.78 Å². The van der Waals surface area contributed by atoms with Crippen molar-refractivity contribution in [3.05, 3.63) is 79.0 Å². The van der Waals surface area contributed by atoms with Crippen LogP contribution in [0, 0.1) is 0 Å². The number of carbonyl (C=O) groups is 1. The second kappa shape index (κ2) is 6.22. The lowest BCUT2D eigenvalue weighted by Gasteiger charge is -2.03. The monoisotopic (exact) mass is 288 g/mol. The summed E-state index contributed by atoms with van der Waals surface area (Å²) in [5.74, 6) is 0. The van der Waals surface area contributed by atoms with Crippen molar-refractivity contribution in [2.24, 2.45) is 0 Å². The molecule has 0 aliphatic heterocycles. The van der Waals surface area contributed by atoms with Gasteiger partial charge in [0.05, 0.1) is 12.2 Å². The Morgan fingerprint density at radius 2 is 1.59 bits per heavy atom. The van der Waals surface area contributed by atoms with Crippen LogP contribution in [-0.4, -0.2) is 16.1 Å². The van der Waals surface area contributed by atoms with Crippen molar-refractivity contribution in [1.29, 1.82) is 0 Å². The van der Waals surface area contributed by atoms with Crippen LogP contribution in [-0.2, 0) is 6.54 Å². The third-order valence-corrected chi connectivity index (χ3v) is 3.52. The molecule has 108 valence electrons. The Hall–Kier alpha value is -2.94. The van der Waals surface area contributed by atoms with Crippen molar-refractivity contribution in [2.45, 2.75) is 6.54 Å². The van der Waals surface area contributed by atoms with Crippen molar-refractivity contribution >= 4 is 6.29 Å². The van der Waals surface area contributed by atoms with Gasteiger partial charge in [0.15, 0.2) is 6.29 Å². The fourth-order valence-electron chi connectivity index (χ4n) is 2.40. The van der Waals surface area contributed by atoms with Crippen LogP contribution in [0.4, 0.5) is 0 Å². The maximum absolute atomic E-state index is 11.1. The van der Waals surface area contributed by atoms with E-state index < -0.39 is 0 Å². The number of hydrogen-bond donors (Lipinski definition) is 0. The van der Waals surface area contributed by atoms with Gasteiger partial charge in [0.1, 0.15) is 5.69 Å². The Morgan fingerprint density at radius 3 is 2.23 bits per heavy atom. The Kier molecular flexibility index (Phi) is 3.97. The third-order valence-electron chi connectivity index (χ3n) is 3.52. The van der Waals surface area contributed by atoms with Crippen molar-refractivity contribution < 1.29 is 4.79 Å². The molecule has 0 N–H and O–H groups in total. The zero-order valence-electron chi connectivity index (χ0n) is 12.1. The highest BCUT2D eigenvalue weighted by molar-refractivity contribution is 5.76. The number of aldehydes is 1. The second-order valence-corrected chi connectivity index (χ2v) is 4.99. The number of allylic oxidation sites excluding steroid dienone is 1. The summed E-state index contributed by atoms with van der Waals surface area (Å²) in [7, 11) is 0. The zero-order chi connectivity index (χ0) is 15.4.